The van der Waals surface area contributed by atoms with Gasteiger partial charge in [0.1, 0.15) is 17.4 Å². The molecule has 0 N–H and O–H groups in total. The van der Waals surface area contributed by atoms with Crippen molar-refractivity contribution >= 4 is 5.97 Å². The zero-order chi connectivity index (χ0) is 16.3. The molecule has 0 aliphatic heterocycles. The van der Waals surface area contributed by atoms with Crippen molar-refractivity contribution in [2.24, 2.45) is 0 Å². The third kappa shape index (κ3) is 2.69. The largest absolute Gasteiger partial charge is 0.463 e. The zero-order valence-electron chi connectivity index (χ0n) is 12.0. The number of ether oxygens (including phenoxy) is 1. The molecule has 2 aromatic heterocycles. The van der Waals surface area contributed by atoms with Crippen LogP contribution in [0.2, 0.25) is 0 Å². The lowest BCUT2D eigenvalue weighted by Crippen LogP contribution is -2.40. The molecule has 0 aliphatic rings. The fraction of sp³-hybridized carbons (Fsp3) is 0.286. The molecular weight excluding hydrogens is 290 g/mol. The number of nitrogens with zero attached hydrogens (tertiary/aromatic N) is 3. The summed E-state index contributed by atoms with van der Waals surface area (Å²) in [5, 5.41) is 8.97. The summed E-state index contributed by atoms with van der Waals surface area (Å²) >= 11 is 0. The lowest BCUT2D eigenvalue weighted by atomic mass is 10.3. The standard InChI is InChI=1S/C14H13N3O5/c1-3-16-7-9(6-15)12(18)17(14(16)20)8-10-4-5-11(22-10)13(19)21-2/h4-5,7H,3,8H2,1-2H3. The first-order chi connectivity index (χ1) is 10.5. The van der Waals surface area contributed by atoms with Crippen LogP contribution < -0.4 is 11.2 Å². The van der Waals surface area contributed by atoms with Gasteiger partial charge in [-0.25, -0.2) is 9.59 Å². The summed E-state index contributed by atoms with van der Waals surface area (Å²) in [6.07, 6.45) is 1.23. The number of rotatable bonds is 4. The van der Waals surface area contributed by atoms with E-state index in [-0.39, 0.29) is 23.6 Å². The molecule has 0 unspecified atom stereocenters. The van der Waals surface area contributed by atoms with E-state index in [1.165, 1.54) is 30.0 Å². The number of hydrogen-bond donors (Lipinski definition) is 0. The molecule has 0 atom stereocenters. The average Bonchev–Trinajstić information content (AvgIpc) is 2.99. The van der Waals surface area contributed by atoms with Crippen LogP contribution in [0.1, 0.15) is 28.8 Å². The Balaban J connectivity index is 2.48. The lowest BCUT2D eigenvalue weighted by molar-refractivity contribution is 0.0563. The molecule has 0 saturated carbocycles. The van der Waals surface area contributed by atoms with Crippen molar-refractivity contribution in [3.8, 4) is 6.07 Å². The van der Waals surface area contributed by atoms with Crippen LogP contribution >= 0.6 is 0 Å². The first-order valence-corrected chi connectivity index (χ1v) is 6.43. The van der Waals surface area contributed by atoms with Gasteiger partial charge in [0.2, 0.25) is 5.76 Å². The number of carbonyl (C=O) groups is 1. The van der Waals surface area contributed by atoms with E-state index in [2.05, 4.69) is 4.74 Å². The molecule has 2 heterocycles. The number of carbonyl (C=O) groups excluding carboxylic acids is 1. The van der Waals surface area contributed by atoms with Crippen molar-refractivity contribution < 1.29 is 13.9 Å². The van der Waals surface area contributed by atoms with Gasteiger partial charge < -0.3 is 9.15 Å². The van der Waals surface area contributed by atoms with Crippen LogP contribution in [0.25, 0.3) is 0 Å². The Hall–Kier alpha value is -3.08. The monoisotopic (exact) mass is 303 g/mol. The molecule has 8 heteroatoms. The van der Waals surface area contributed by atoms with Crippen LogP contribution in [-0.2, 0) is 17.8 Å². The fourth-order valence-electron chi connectivity index (χ4n) is 1.93. The molecule has 0 bridgehead atoms. The predicted molar refractivity (Wildman–Crippen MR) is 74.5 cm³/mol. The SMILES string of the molecule is CCn1cc(C#N)c(=O)n(Cc2ccc(C(=O)OC)o2)c1=O. The first-order valence-electron chi connectivity index (χ1n) is 6.43. The highest BCUT2D eigenvalue weighted by molar-refractivity contribution is 5.86. The Morgan fingerprint density at radius 1 is 1.41 bits per heavy atom. The third-order valence-corrected chi connectivity index (χ3v) is 3.06. The molecule has 0 amide bonds. The summed E-state index contributed by atoms with van der Waals surface area (Å²) in [5.41, 5.74) is -1.39. The number of nitriles is 1. The zero-order valence-corrected chi connectivity index (χ0v) is 12.0. The topological polar surface area (TPSA) is 107 Å². The molecule has 0 spiro atoms. The highest BCUT2D eigenvalue weighted by Crippen LogP contribution is 2.09. The van der Waals surface area contributed by atoms with Crippen LogP contribution in [0.3, 0.4) is 0 Å². The Labute approximate surface area is 124 Å². The van der Waals surface area contributed by atoms with Gasteiger partial charge in [-0.2, -0.15) is 5.26 Å². The Morgan fingerprint density at radius 2 is 2.14 bits per heavy atom. The second-order valence-corrected chi connectivity index (χ2v) is 4.37. The van der Waals surface area contributed by atoms with Crippen LogP contribution in [0, 0.1) is 11.3 Å². The minimum absolute atomic E-state index is 0.0298. The molecule has 0 aromatic carbocycles. The van der Waals surface area contributed by atoms with Gasteiger partial charge in [-0.1, -0.05) is 0 Å². The number of hydrogen-bond acceptors (Lipinski definition) is 6. The number of aromatic nitrogens is 2. The molecule has 0 saturated heterocycles. The highest BCUT2D eigenvalue weighted by Gasteiger charge is 2.15. The van der Waals surface area contributed by atoms with Gasteiger partial charge in [-0.3, -0.25) is 13.9 Å². The summed E-state index contributed by atoms with van der Waals surface area (Å²) < 4.78 is 11.9. The molecule has 8 nitrogen and oxygen atoms in total. The van der Waals surface area contributed by atoms with E-state index < -0.39 is 17.2 Å². The van der Waals surface area contributed by atoms with Gasteiger partial charge in [-0.05, 0) is 19.1 Å². The van der Waals surface area contributed by atoms with Crippen molar-refractivity contribution in [1.29, 1.82) is 5.26 Å². The summed E-state index contributed by atoms with van der Waals surface area (Å²) in [6.45, 7) is 1.86. The minimum Gasteiger partial charge on any atom is -0.463 e. The predicted octanol–water partition coefficient (Wildman–Crippen LogP) is 0.329. The second kappa shape index (κ2) is 6.13. The maximum atomic E-state index is 12.2. The van der Waals surface area contributed by atoms with Crippen molar-refractivity contribution in [2.75, 3.05) is 7.11 Å². The number of methoxy groups -OCH3 is 1. The molecule has 22 heavy (non-hydrogen) atoms. The van der Waals surface area contributed by atoms with E-state index in [4.69, 9.17) is 9.68 Å². The van der Waals surface area contributed by atoms with Gasteiger partial charge in [0.05, 0.1) is 13.7 Å². The summed E-state index contributed by atoms with van der Waals surface area (Å²) in [7, 11) is 1.21. The molecule has 0 radical (unpaired) electrons. The normalized spacial score (nSPS) is 10.2. The van der Waals surface area contributed by atoms with E-state index in [9.17, 15) is 14.4 Å². The van der Waals surface area contributed by atoms with Crippen LogP contribution in [-0.4, -0.2) is 22.2 Å². The van der Waals surface area contributed by atoms with Crippen LogP contribution in [0.15, 0.2) is 32.3 Å². The lowest BCUT2D eigenvalue weighted by Gasteiger charge is -2.07. The summed E-state index contributed by atoms with van der Waals surface area (Å²) in [6, 6.07) is 4.61. The number of esters is 1. The molecule has 2 aromatic rings. The number of aryl methyl sites for hydroxylation is 1. The van der Waals surface area contributed by atoms with Crippen molar-refractivity contribution in [1.82, 2.24) is 9.13 Å². The first kappa shape index (κ1) is 15.3. The second-order valence-electron chi connectivity index (χ2n) is 4.37. The maximum Gasteiger partial charge on any atom is 0.373 e. The Morgan fingerprint density at radius 3 is 2.73 bits per heavy atom. The van der Waals surface area contributed by atoms with Gasteiger partial charge >= 0.3 is 11.7 Å². The van der Waals surface area contributed by atoms with Gasteiger partial charge in [0.15, 0.2) is 0 Å². The van der Waals surface area contributed by atoms with E-state index in [1.54, 1.807) is 13.0 Å². The van der Waals surface area contributed by atoms with E-state index >= 15 is 0 Å². The van der Waals surface area contributed by atoms with Crippen molar-refractivity contribution in [3.05, 3.63) is 56.3 Å². The highest BCUT2D eigenvalue weighted by atomic mass is 16.5. The fourth-order valence-corrected chi connectivity index (χ4v) is 1.93. The van der Waals surface area contributed by atoms with E-state index in [0.29, 0.717) is 6.54 Å². The summed E-state index contributed by atoms with van der Waals surface area (Å²) in [5.74, 6) is -0.453. The van der Waals surface area contributed by atoms with Crippen LogP contribution in [0.4, 0.5) is 0 Å². The number of furan rings is 1. The molecule has 2 rings (SSSR count). The van der Waals surface area contributed by atoms with Crippen molar-refractivity contribution in [3.63, 3.8) is 0 Å². The average molecular weight is 303 g/mol. The van der Waals surface area contributed by atoms with E-state index in [1.807, 2.05) is 0 Å². The van der Waals surface area contributed by atoms with Crippen molar-refractivity contribution in [2.45, 2.75) is 20.0 Å². The summed E-state index contributed by atoms with van der Waals surface area (Å²) in [4.78, 5) is 35.6. The Bertz CT molecular complexity index is 866. The molecule has 0 aliphatic carbocycles. The minimum atomic E-state index is -0.701. The molecule has 0 fully saturated rings. The van der Waals surface area contributed by atoms with Gasteiger partial charge in [-0.15, -0.1) is 0 Å². The molecular formula is C14H13N3O5. The van der Waals surface area contributed by atoms with Gasteiger partial charge in [0, 0.05) is 12.7 Å². The third-order valence-electron chi connectivity index (χ3n) is 3.06. The quantitative estimate of drug-likeness (QED) is 0.753. The van der Waals surface area contributed by atoms with Crippen LogP contribution in [0.5, 0.6) is 0 Å². The molecule has 114 valence electrons. The Kier molecular flexibility index (Phi) is 4.27. The van der Waals surface area contributed by atoms with E-state index in [0.717, 1.165) is 4.57 Å². The van der Waals surface area contributed by atoms with Gasteiger partial charge in [0.25, 0.3) is 5.56 Å². The maximum absolute atomic E-state index is 12.2. The smallest absolute Gasteiger partial charge is 0.373 e.